The van der Waals surface area contributed by atoms with E-state index in [-0.39, 0.29) is 29.6 Å². The second-order valence-electron chi connectivity index (χ2n) is 12.9. The highest BCUT2D eigenvalue weighted by atomic mass is 28.4. The highest BCUT2D eigenvalue weighted by Crippen LogP contribution is 2.42. The number of carbonyl (C=O) groups excluding carboxylic acids is 1. The first-order valence-electron chi connectivity index (χ1n) is 14.0. The van der Waals surface area contributed by atoms with E-state index in [1.54, 1.807) is 0 Å². The minimum atomic E-state index is -2.22. The summed E-state index contributed by atoms with van der Waals surface area (Å²) in [7, 11) is -2.22. The molecule has 5 heteroatoms. The molecule has 0 heterocycles. The number of ether oxygens (including phenoxy) is 1. The van der Waals surface area contributed by atoms with Gasteiger partial charge in [0.05, 0.1) is 18.6 Å². The molecule has 3 rings (SSSR count). The van der Waals surface area contributed by atoms with Crippen molar-refractivity contribution in [1.29, 1.82) is 0 Å². The number of carbonyl (C=O) groups is 1. The minimum absolute atomic E-state index is 0.0141. The summed E-state index contributed by atoms with van der Waals surface area (Å²) in [5, 5.41) is 0.0141. The summed E-state index contributed by atoms with van der Waals surface area (Å²) in [6, 6.07) is 31.1. The van der Waals surface area contributed by atoms with Gasteiger partial charge in [-0.1, -0.05) is 112 Å². The lowest BCUT2D eigenvalue weighted by molar-refractivity contribution is -0.157. The summed E-state index contributed by atoms with van der Waals surface area (Å²) in [6.07, 6.45) is -0.0717. The van der Waals surface area contributed by atoms with Gasteiger partial charge in [0.2, 0.25) is 0 Å². The van der Waals surface area contributed by atoms with Crippen LogP contribution in [0.3, 0.4) is 0 Å². The molecule has 0 aliphatic heterocycles. The van der Waals surface area contributed by atoms with Gasteiger partial charge in [-0.2, -0.15) is 0 Å². The zero-order chi connectivity index (χ0) is 28.7. The van der Waals surface area contributed by atoms with Gasteiger partial charge in [0.1, 0.15) is 5.60 Å². The first-order valence-corrected chi connectivity index (χ1v) is 16.9. The van der Waals surface area contributed by atoms with E-state index in [1.807, 2.05) is 39.0 Å². The Hall–Kier alpha value is -2.73. The first-order chi connectivity index (χ1) is 18.2. The van der Waals surface area contributed by atoms with E-state index < -0.39 is 13.9 Å². The lowest BCUT2D eigenvalue weighted by Crippen LogP contribution is -2.48. The normalized spacial score (nSPS) is 14.2. The molecule has 0 aromatic heterocycles. The molecular weight excluding hydrogens is 498 g/mol. The number of benzene rings is 3. The van der Waals surface area contributed by atoms with E-state index in [0.717, 1.165) is 5.56 Å². The molecule has 0 unspecified atom stereocenters. The quantitative estimate of drug-likeness (QED) is 0.179. The Labute approximate surface area is 237 Å². The van der Waals surface area contributed by atoms with Gasteiger partial charge in [0.25, 0.3) is 0 Å². The van der Waals surface area contributed by atoms with Gasteiger partial charge in [-0.3, -0.25) is 9.69 Å². The van der Waals surface area contributed by atoms with Crippen LogP contribution in [0.15, 0.2) is 91.0 Å². The van der Waals surface area contributed by atoms with Crippen molar-refractivity contribution in [2.75, 3.05) is 0 Å². The molecule has 0 N–H and O–H groups in total. The Morgan fingerprint density at radius 3 is 1.59 bits per heavy atom. The fourth-order valence-corrected chi connectivity index (χ4v) is 5.70. The molecule has 210 valence electrons. The lowest BCUT2D eigenvalue weighted by Gasteiger charge is -2.44. The van der Waals surface area contributed by atoms with E-state index in [9.17, 15) is 4.79 Å². The van der Waals surface area contributed by atoms with Gasteiger partial charge in [0, 0.05) is 13.1 Å². The standard InChI is InChI=1S/C34H47NO3Si/c1-33(2,3)37-31(36)24-30(32(29-22-16-11-17-23-29)38-39(7,8)34(4,5)6)35(25-27-18-12-9-13-19-27)26-28-20-14-10-15-21-28/h9-23,30,32H,24-26H2,1-8H3/t30-,32+/m1/s1. The largest absolute Gasteiger partial charge is 0.460 e. The topological polar surface area (TPSA) is 38.8 Å². The van der Waals surface area contributed by atoms with Crippen LogP contribution in [0.1, 0.15) is 70.8 Å². The third-order valence-electron chi connectivity index (χ3n) is 7.43. The van der Waals surface area contributed by atoms with Gasteiger partial charge in [-0.15, -0.1) is 0 Å². The van der Waals surface area contributed by atoms with Crippen molar-refractivity contribution < 1.29 is 14.0 Å². The predicted molar refractivity (Wildman–Crippen MR) is 164 cm³/mol. The van der Waals surface area contributed by atoms with Crippen LogP contribution in [0.2, 0.25) is 18.1 Å². The molecular formula is C34H47NO3Si. The average Bonchev–Trinajstić information content (AvgIpc) is 2.86. The van der Waals surface area contributed by atoms with Crippen molar-refractivity contribution in [3.63, 3.8) is 0 Å². The Morgan fingerprint density at radius 1 is 0.744 bits per heavy atom. The van der Waals surface area contributed by atoms with Crippen molar-refractivity contribution in [1.82, 2.24) is 4.90 Å². The monoisotopic (exact) mass is 545 g/mol. The predicted octanol–water partition coefficient (Wildman–Crippen LogP) is 8.55. The molecule has 3 aromatic carbocycles. The first kappa shape index (κ1) is 30.8. The summed E-state index contributed by atoms with van der Waals surface area (Å²) in [5.74, 6) is -0.210. The molecule has 4 nitrogen and oxygen atoms in total. The van der Waals surface area contributed by atoms with Gasteiger partial charge >= 0.3 is 5.97 Å². The molecule has 0 radical (unpaired) electrons. The Balaban J connectivity index is 2.14. The SMILES string of the molecule is CC(C)(C)OC(=O)C[C@H]([C@@H](O[Si](C)(C)C(C)(C)C)c1ccccc1)N(Cc1ccccc1)Cc1ccccc1. The van der Waals surface area contributed by atoms with E-state index in [2.05, 4.69) is 112 Å². The number of hydrogen-bond donors (Lipinski definition) is 0. The number of esters is 1. The third kappa shape index (κ3) is 9.45. The van der Waals surface area contributed by atoms with E-state index >= 15 is 0 Å². The van der Waals surface area contributed by atoms with Crippen LogP contribution in [-0.2, 0) is 27.0 Å². The summed E-state index contributed by atoms with van der Waals surface area (Å²) in [4.78, 5) is 15.9. The van der Waals surface area contributed by atoms with Gasteiger partial charge < -0.3 is 9.16 Å². The summed E-state index contributed by atoms with van der Waals surface area (Å²) < 4.78 is 13.1. The van der Waals surface area contributed by atoms with E-state index in [4.69, 9.17) is 9.16 Å². The molecule has 0 amide bonds. The Bertz CT molecular complexity index is 1110. The second-order valence-corrected chi connectivity index (χ2v) is 17.7. The summed E-state index contributed by atoms with van der Waals surface area (Å²) >= 11 is 0. The van der Waals surface area contributed by atoms with Crippen LogP contribution < -0.4 is 0 Å². The van der Waals surface area contributed by atoms with E-state index in [1.165, 1.54) is 11.1 Å². The zero-order valence-electron chi connectivity index (χ0n) is 25.1. The third-order valence-corrected chi connectivity index (χ3v) is 11.9. The molecule has 0 aliphatic carbocycles. The van der Waals surface area contributed by atoms with Crippen molar-refractivity contribution in [3.8, 4) is 0 Å². The molecule has 3 aromatic rings. The molecule has 0 saturated carbocycles. The number of rotatable bonds is 11. The maximum absolute atomic E-state index is 13.5. The Morgan fingerprint density at radius 2 is 1.18 bits per heavy atom. The molecule has 0 bridgehead atoms. The maximum Gasteiger partial charge on any atom is 0.308 e. The highest BCUT2D eigenvalue weighted by Gasteiger charge is 2.43. The van der Waals surface area contributed by atoms with Crippen LogP contribution >= 0.6 is 0 Å². The van der Waals surface area contributed by atoms with Gasteiger partial charge in [-0.05, 0) is 55.6 Å². The van der Waals surface area contributed by atoms with Crippen LogP contribution in [0.4, 0.5) is 0 Å². The lowest BCUT2D eigenvalue weighted by atomic mass is 9.96. The fraction of sp³-hybridized carbons (Fsp3) is 0.441. The maximum atomic E-state index is 13.5. The molecule has 2 atom stereocenters. The number of hydrogen-bond acceptors (Lipinski definition) is 4. The fourth-order valence-electron chi connectivity index (χ4n) is 4.41. The molecule has 0 fully saturated rings. The molecule has 0 aliphatic rings. The highest BCUT2D eigenvalue weighted by molar-refractivity contribution is 6.74. The van der Waals surface area contributed by atoms with Gasteiger partial charge in [-0.25, -0.2) is 0 Å². The van der Waals surface area contributed by atoms with Crippen molar-refractivity contribution in [3.05, 3.63) is 108 Å². The average molecular weight is 546 g/mol. The summed E-state index contributed by atoms with van der Waals surface area (Å²) in [5.41, 5.74) is 2.92. The Kier molecular flexibility index (Phi) is 10.3. The smallest absolute Gasteiger partial charge is 0.308 e. The van der Waals surface area contributed by atoms with Crippen LogP contribution in [0.5, 0.6) is 0 Å². The second kappa shape index (κ2) is 13.1. The molecule has 39 heavy (non-hydrogen) atoms. The minimum Gasteiger partial charge on any atom is -0.460 e. The van der Waals surface area contributed by atoms with Crippen molar-refractivity contribution in [2.45, 2.75) is 96.9 Å². The van der Waals surface area contributed by atoms with Crippen molar-refractivity contribution >= 4 is 14.3 Å². The zero-order valence-corrected chi connectivity index (χ0v) is 26.1. The van der Waals surface area contributed by atoms with Crippen LogP contribution in [-0.4, -0.2) is 30.8 Å². The molecule has 0 saturated heterocycles. The van der Waals surface area contributed by atoms with Crippen LogP contribution in [0.25, 0.3) is 0 Å². The summed E-state index contributed by atoms with van der Waals surface area (Å²) in [6.45, 7) is 18.5. The van der Waals surface area contributed by atoms with E-state index in [0.29, 0.717) is 13.1 Å². The van der Waals surface area contributed by atoms with Crippen molar-refractivity contribution in [2.24, 2.45) is 0 Å². The molecule has 0 spiro atoms. The van der Waals surface area contributed by atoms with Gasteiger partial charge in [0.15, 0.2) is 8.32 Å². The number of nitrogens with zero attached hydrogens (tertiary/aromatic N) is 1. The van der Waals surface area contributed by atoms with Crippen LogP contribution in [0, 0.1) is 0 Å².